The van der Waals surface area contributed by atoms with Crippen molar-refractivity contribution in [3.63, 3.8) is 0 Å². The summed E-state index contributed by atoms with van der Waals surface area (Å²) < 4.78 is 3.64. The second kappa shape index (κ2) is 3.74. The maximum absolute atomic E-state index is 5.75. The van der Waals surface area contributed by atoms with Gasteiger partial charge in [0.2, 0.25) is 0 Å². The van der Waals surface area contributed by atoms with Crippen molar-refractivity contribution in [1.82, 2.24) is 9.78 Å². The molecule has 0 saturated carbocycles. The summed E-state index contributed by atoms with van der Waals surface area (Å²) in [6.07, 6.45) is 1.67. The minimum atomic E-state index is 0.619. The number of nitrogens with two attached hydrogens (primary N) is 1. The number of halogens is 2. The average molecular weight is 317 g/mol. The highest BCUT2D eigenvalue weighted by Crippen LogP contribution is 2.25. The van der Waals surface area contributed by atoms with E-state index in [0.29, 0.717) is 5.82 Å². The summed E-state index contributed by atoms with van der Waals surface area (Å²) in [5, 5.41) is 4.12. The largest absolute Gasteiger partial charge is 0.384 e. The molecule has 1 aromatic heterocycles. The van der Waals surface area contributed by atoms with Gasteiger partial charge in [-0.05, 0) is 34.1 Å². The molecule has 0 aliphatic carbocycles. The molecule has 0 fully saturated rings. The first-order valence-corrected chi connectivity index (χ1v) is 5.52. The molecule has 0 spiro atoms. The number of hydrogen-bond donors (Lipinski definition) is 1. The molecule has 5 heteroatoms. The Morgan fingerprint density at radius 2 is 2.00 bits per heavy atom. The van der Waals surface area contributed by atoms with Crippen molar-refractivity contribution in [3.05, 3.63) is 39.4 Å². The number of nitrogen functional groups attached to an aromatic ring is 1. The van der Waals surface area contributed by atoms with Gasteiger partial charge in [-0.15, -0.1) is 0 Å². The van der Waals surface area contributed by atoms with Crippen molar-refractivity contribution < 1.29 is 0 Å². The summed E-state index contributed by atoms with van der Waals surface area (Å²) in [6.45, 7) is 0. The Morgan fingerprint density at radius 3 is 2.57 bits per heavy atom. The zero-order chi connectivity index (χ0) is 10.1. The van der Waals surface area contributed by atoms with Crippen LogP contribution in [-0.4, -0.2) is 9.78 Å². The van der Waals surface area contributed by atoms with Crippen LogP contribution in [0.3, 0.4) is 0 Å². The first kappa shape index (κ1) is 9.73. The van der Waals surface area contributed by atoms with E-state index in [-0.39, 0.29) is 0 Å². The Bertz CT molecular complexity index is 465. The predicted octanol–water partition coefficient (Wildman–Crippen LogP) is 2.98. The molecule has 0 aliphatic rings. The molecular weight excluding hydrogens is 310 g/mol. The highest BCUT2D eigenvalue weighted by atomic mass is 79.9. The van der Waals surface area contributed by atoms with E-state index in [9.17, 15) is 0 Å². The van der Waals surface area contributed by atoms with Gasteiger partial charge in [-0.25, -0.2) is 4.68 Å². The van der Waals surface area contributed by atoms with Gasteiger partial charge in [-0.2, -0.15) is 5.10 Å². The van der Waals surface area contributed by atoms with Crippen LogP contribution >= 0.6 is 31.9 Å². The molecule has 3 nitrogen and oxygen atoms in total. The lowest BCUT2D eigenvalue weighted by atomic mass is 10.3. The van der Waals surface area contributed by atoms with Gasteiger partial charge in [0.15, 0.2) is 0 Å². The monoisotopic (exact) mass is 315 g/mol. The highest BCUT2D eigenvalue weighted by molar-refractivity contribution is 9.11. The number of benzene rings is 1. The average Bonchev–Trinajstić information content (AvgIpc) is 2.52. The van der Waals surface area contributed by atoms with Crippen LogP contribution < -0.4 is 5.73 Å². The topological polar surface area (TPSA) is 43.8 Å². The van der Waals surface area contributed by atoms with E-state index in [2.05, 4.69) is 37.0 Å². The minimum Gasteiger partial charge on any atom is -0.384 e. The van der Waals surface area contributed by atoms with E-state index in [1.54, 1.807) is 16.9 Å². The predicted molar refractivity (Wildman–Crippen MR) is 63.4 cm³/mol. The van der Waals surface area contributed by atoms with Gasteiger partial charge in [0.1, 0.15) is 5.82 Å². The Balaban J connectivity index is 2.58. The normalized spacial score (nSPS) is 10.4. The van der Waals surface area contributed by atoms with Gasteiger partial charge >= 0.3 is 0 Å². The minimum absolute atomic E-state index is 0.619. The zero-order valence-corrected chi connectivity index (χ0v) is 10.3. The van der Waals surface area contributed by atoms with Gasteiger partial charge in [0.05, 0.1) is 11.9 Å². The van der Waals surface area contributed by atoms with E-state index in [4.69, 9.17) is 5.73 Å². The fraction of sp³-hybridized carbons (Fsp3) is 0. The quantitative estimate of drug-likeness (QED) is 0.879. The molecule has 0 aliphatic heterocycles. The third-order valence-corrected chi connectivity index (χ3v) is 2.94. The molecule has 0 unspecified atom stereocenters. The van der Waals surface area contributed by atoms with Crippen molar-refractivity contribution in [1.29, 1.82) is 0 Å². The summed E-state index contributed by atoms with van der Waals surface area (Å²) in [5.74, 6) is 0.619. The summed E-state index contributed by atoms with van der Waals surface area (Å²) >= 11 is 6.84. The molecule has 2 rings (SSSR count). The molecular formula is C9H7Br2N3. The molecule has 2 N–H and O–H groups in total. The Hall–Kier alpha value is -0.810. The molecule has 0 amide bonds. The standard InChI is InChI=1S/C9H7Br2N3/c10-6-1-2-8(7(11)5-6)14-9(12)3-4-13-14/h1-5H,12H2. The second-order valence-electron chi connectivity index (χ2n) is 2.76. The van der Waals surface area contributed by atoms with Gasteiger partial charge in [0.25, 0.3) is 0 Å². The fourth-order valence-electron chi connectivity index (χ4n) is 1.17. The molecule has 14 heavy (non-hydrogen) atoms. The van der Waals surface area contributed by atoms with Crippen LogP contribution in [0.2, 0.25) is 0 Å². The first-order valence-electron chi connectivity index (χ1n) is 3.93. The zero-order valence-electron chi connectivity index (χ0n) is 7.11. The van der Waals surface area contributed by atoms with Crippen molar-refractivity contribution >= 4 is 37.7 Å². The molecule has 0 atom stereocenters. The third kappa shape index (κ3) is 1.69. The number of anilines is 1. The first-order chi connectivity index (χ1) is 6.68. The molecule has 0 saturated heterocycles. The third-order valence-electron chi connectivity index (χ3n) is 1.81. The number of hydrogen-bond acceptors (Lipinski definition) is 2. The fourth-order valence-corrected chi connectivity index (χ4v) is 2.38. The Labute approximate surface area is 98.2 Å². The molecule has 1 aromatic carbocycles. The molecule has 1 heterocycles. The smallest absolute Gasteiger partial charge is 0.127 e. The lowest BCUT2D eigenvalue weighted by Crippen LogP contribution is -2.01. The summed E-state index contributed by atoms with van der Waals surface area (Å²) in [4.78, 5) is 0. The Morgan fingerprint density at radius 1 is 1.21 bits per heavy atom. The van der Waals surface area contributed by atoms with E-state index >= 15 is 0 Å². The van der Waals surface area contributed by atoms with Crippen LogP contribution in [0.1, 0.15) is 0 Å². The second-order valence-corrected chi connectivity index (χ2v) is 4.53. The lowest BCUT2D eigenvalue weighted by Gasteiger charge is -2.06. The van der Waals surface area contributed by atoms with Crippen LogP contribution in [0.5, 0.6) is 0 Å². The van der Waals surface area contributed by atoms with E-state index in [1.807, 2.05) is 18.2 Å². The van der Waals surface area contributed by atoms with Crippen LogP contribution in [0.25, 0.3) is 5.69 Å². The Kier molecular flexibility index (Phi) is 2.60. The van der Waals surface area contributed by atoms with E-state index < -0.39 is 0 Å². The van der Waals surface area contributed by atoms with Crippen molar-refractivity contribution in [2.75, 3.05) is 5.73 Å². The summed E-state index contributed by atoms with van der Waals surface area (Å²) in [6, 6.07) is 7.60. The molecule has 0 bridgehead atoms. The SMILES string of the molecule is Nc1ccnn1-c1ccc(Br)cc1Br. The maximum Gasteiger partial charge on any atom is 0.127 e. The van der Waals surface area contributed by atoms with Crippen molar-refractivity contribution in [2.24, 2.45) is 0 Å². The molecule has 0 radical (unpaired) electrons. The van der Waals surface area contributed by atoms with Crippen LogP contribution in [0.4, 0.5) is 5.82 Å². The van der Waals surface area contributed by atoms with Gasteiger partial charge in [-0.3, -0.25) is 0 Å². The summed E-state index contributed by atoms with van der Waals surface area (Å²) in [5.41, 5.74) is 6.67. The van der Waals surface area contributed by atoms with E-state index in [1.165, 1.54) is 0 Å². The molecule has 2 aromatic rings. The maximum atomic E-state index is 5.75. The highest BCUT2D eigenvalue weighted by Gasteiger charge is 2.05. The molecule has 72 valence electrons. The van der Waals surface area contributed by atoms with Gasteiger partial charge in [0, 0.05) is 15.0 Å². The van der Waals surface area contributed by atoms with E-state index in [0.717, 1.165) is 14.6 Å². The van der Waals surface area contributed by atoms with Crippen LogP contribution in [0.15, 0.2) is 39.4 Å². The lowest BCUT2D eigenvalue weighted by molar-refractivity contribution is 0.886. The number of rotatable bonds is 1. The van der Waals surface area contributed by atoms with Gasteiger partial charge < -0.3 is 5.73 Å². The van der Waals surface area contributed by atoms with Crippen LogP contribution in [-0.2, 0) is 0 Å². The number of nitrogens with zero attached hydrogens (tertiary/aromatic N) is 2. The number of aromatic nitrogens is 2. The van der Waals surface area contributed by atoms with Crippen molar-refractivity contribution in [2.45, 2.75) is 0 Å². The van der Waals surface area contributed by atoms with Gasteiger partial charge in [-0.1, -0.05) is 15.9 Å². The van der Waals surface area contributed by atoms with Crippen molar-refractivity contribution in [3.8, 4) is 5.69 Å². The summed E-state index contributed by atoms with van der Waals surface area (Å²) in [7, 11) is 0. The van der Waals surface area contributed by atoms with Crippen LogP contribution in [0, 0.1) is 0 Å².